The second-order valence-corrected chi connectivity index (χ2v) is 25.9. The van der Waals surface area contributed by atoms with Gasteiger partial charge < -0.3 is 0 Å². The molecule has 0 saturated heterocycles. The van der Waals surface area contributed by atoms with Crippen molar-refractivity contribution >= 4 is 21.2 Å². The van der Waals surface area contributed by atoms with E-state index < -0.39 is 21.2 Å². The molecule has 0 amide bonds. The minimum absolute atomic E-state index is 1.39. The van der Waals surface area contributed by atoms with Gasteiger partial charge in [0.2, 0.25) is 0 Å². The van der Waals surface area contributed by atoms with Gasteiger partial charge in [-0.2, -0.15) is 0 Å². The third-order valence-corrected chi connectivity index (χ3v) is 26.6. The van der Waals surface area contributed by atoms with E-state index in [1.807, 2.05) is 0 Å². The van der Waals surface area contributed by atoms with E-state index in [9.17, 15) is 0 Å². The molecule has 0 radical (unpaired) electrons. The van der Waals surface area contributed by atoms with Crippen LogP contribution in [0, 0.1) is 0 Å². The van der Waals surface area contributed by atoms with Gasteiger partial charge in [-0.25, -0.2) is 0 Å². The van der Waals surface area contributed by atoms with Gasteiger partial charge in [0.15, 0.2) is 0 Å². The van der Waals surface area contributed by atoms with Crippen LogP contribution in [0.5, 0.6) is 0 Å². The molecule has 12 heavy (non-hydrogen) atoms. The van der Waals surface area contributed by atoms with Crippen molar-refractivity contribution in [1.82, 2.24) is 0 Å². The van der Waals surface area contributed by atoms with Crippen LogP contribution in [0.2, 0.25) is 15.9 Å². The fraction of sp³-hybridized carbons (Fsp3) is 1.00. The van der Waals surface area contributed by atoms with Crippen molar-refractivity contribution in [3.05, 3.63) is 0 Å². The summed E-state index contributed by atoms with van der Waals surface area (Å²) in [4.78, 5) is 0. The molecule has 0 bridgehead atoms. The molecule has 0 saturated carbocycles. The van der Waals surface area contributed by atoms with Gasteiger partial charge in [-0.15, -0.1) is 0 Å². The number of unbranched alkanes of at least 4 members (excludes halogenated alkanes) is 2. The molecule has 0 N–H and O–H groups in total. The molecule has 1 heteroatoms. The van der Waals surface area contributed by atoms with Crippen LogP contribution >= 0.6 is 0 Å². The second-order valence-electron chi connectivity index (χ2n) is 4.02. The molecule has 0 aliphatic rings. The van der Waals surface area contributed by atoms with E-state index in [0.29, 0.717) is 0 Å². The van der Waals surface area contributed by atoms with Crippen molar-refractivity contribution in [3.63, 3.8) is 0 Å². The summed E-state index contributed by atoms with van der Waals surface area (Å²) in [5, 5.41) is 0. The van der Waals surface area contributed by atoms with E-state index in [2.05, 4.69) is 27.7 Å². The van der Waals surface area contributed by atoms with Crippen molar-refractivity contribution in [2.75, 3.05) is 0 Å². The fourth-order valence-electron chi connectivity index (χ4n) is 2.03. The topological polar surface area (TPSA) is 0 Å². The normalized spacial score (nSPS) is 12.0. The Labute approximate surface area is 83.8 Å². The van der Waals surface area contributed by atoms with E-state index in [0.717, 1.165) is 0 Å². The van der Waals surface area contributed by atoms with Gasteiger partial charge in [0.25, 0.3) is 0 Å². The molecule has 0 atom stereocenters. The Balaban J connectivity index is 3.76. The molecule has 74 valence electrons. The molecule has 0 heterocycles. The minimum atomic E-state index is -1.61. The molecule has 0 aromatic carbocycles. The van der Waals surface area contributed by atoms with E-state index in [-0.39, 0.29) is 0 Å². The first-order chi connectivity index (χ1) is 5.74. The first-order valence-corrected chi connectivity index (χ1v) is 16.7. The van der Waals surface area contributed by atoms with Gasteiger partial charge in [-0.05, 0) is 0 Å². The van der Waals surface area contributed by atoms with Gasteiger partial charge in [0.1, 0.15) is 0 Å². The summed E-state index contributed by atoms with van der Waals surface area (Å²) >= 11 is -1.61. The van der Waals surface area contributed by atoms with Gasteiger partial charge >= 0.3 is 84.1 Å². The van der Waals surface area contributed by atoms with Crippen molar-refractivity contribution < 1.29 is 0 Å². The zero-order chi connectivity index (χ0) is 9.45. The van der Waals surface area contributed by atoms with Crippen molar-refractivity contribution in [2.45, 2.75) is 62.9 Å². The molecule has 0 fully saturated rings. The van der Waals surface area contributed by atoms with Crippen molar-refractivity contribution in [2.24, 2.45) is 0 Å². The predicted octanol–water partition coefficient (Wildman–Crippen LogP) is 4.69. The molecule has 0 nitrogen and oxygen atoms in total. The average molecular weight is 366 g/mol. The van der Waals surface area contributed by atoms with E-state index >= 15 is 0 Å². The van der Waals surface area contributed by atoms with Gasteiger partial charge in [0.05, 0.1) is 0 Å². The summed E-state index contributed by atoms with van der Waals surface area (Å²) in [5.41, 5.74) is 0. The molecule has 0 spiro atoms. The Bertz CT molecular complexity index is 86.9. The van der Waals surface area contributed by atoms with Crippen LogP contribution in [0.1, 0.15) is 47.0 Å². The van der Waals surface area contributed by atoms with E-state index in [4.69, 9.17) is 0 Å². The Kier molecular flexibility index (Phi) is 7.90. The van der Waals surface area contributed by atoms with Crippen LogP contribution in [-0.2, 0) is 0 Å². The quantitative estimate of drug-likeness (QED) is 0.454. The number of hydrogen-bond donors (Lipinski definition) is 0. The summed E-state index contributed by atoms with van der Waals surface area (Å²) in [7, 11) is 0. The fourth-order valence-corrected chi connectivity index (χ4v) is 15.9. The summed E-state index contributed by atoms with van der Waals surface area (Å²) in [6.07, 6.45) is 4.40. The summed E-state index contributed by atoms with van der Waals surface area (Å²) in [6.45, 7) is 9.64. The Hall–Kier alpha value is 0.922. The molecule has 0 aromatic heterocycles. The standard InChI is InChI=1S/C5H11.3C2H5.Pb/c1-3-5-4-2;3*1-2;/h1,3-5H2,2H3;3*1H2,2H3;. The SMILES string of the molecule is CCCC[CH2][Pb]([CH2]C)([CH2]C)[CH2]C. The number of rotatable bonds is 7. The zero-order valence-electron chi connectivity index (χ0n) is 9.45. The molecule has 0 aromatic rings. The maximum absolute atomic E-state index is 2.44. The van der Waals surface area contributed by atoms with Crippen LogP contribution in [0.4, 0.5) is 0 Å². The maximum atomic E-state index is 2.44. The monoisotopic (exact) mass is 366 g/mol. The number of hydrogen-bond acceptors (Lipinski definition) is 0. The molecular formula is C11H26Pb. The van der Waals surface area contributed by atoms with Crippen LogP contribution < -0.4 is 0 Å². The molecular weight excluding hydrogens is 339 g/mol. The predicted molar refractivity (Wildman–Crippen MR) is 61.5 cm³/mol. The van der Waals surface area contributed by atoms with E-state index in [1.165, 1.54) is 19.3 Å². The van der Waals surface area contributed by atoms with Gasteiger partial charge in [-0.3, -0.25) is 0 Å². The third kappa shape index (κ3) is 4.24. The third-order valence-electron chi connectivity index (χ3n) is 3.56. The molecule has 0 aliphatic heterocycles. The van der Waals surface area contributed by atoms with Crippen LogP contribution in [0.15, 0.2) is 0 Å². The van der Waals surface area contributed by atoms with Crippen molar-refractivity contribution in [3.8, 4) is 0 Å². The summed E-state index contributed by atoms with van der Waals surface area (Å²) < 4.78 is 6.43. The molecule has 0 unspecified atom stereocenters. The van der Waals surface area contributed by atoms with Crippen LogP contribution in [0.25, 0.3) is 0 Å². The Morgan fingerprint density at radius 3 is 1.58 bits per heavy atom. The Morgan fingerprint density at radius 2 is 1.25 bits per heavy atom. The summed E-state index contributed by atoms with van der Waals surface area (Å²) in [5.74, 6) is 0. The van der Waals surface area contributed by atoms with Gasteiger partial charge in [-0.1, -0.05) is 0 Å². The van der Waals surface area contributed by atoms with Crippen LogP contribution in [-0.4, -0.2) is 21.2 Å². The van der Waals surface area contributed by atoms with E-state index in [1.54, 1.807) is 15.9 Å². The second kappa shape index (κ2) is 7.34. The zero-order valence-corrected chi connectivity index (χ0v) is 13.3. The van der Waals surface area contributed by atoms with Crippen LogP contribution in [0.3, 0.4) is 0 Å². The van der Waals surface area contributed by atoms with Crippen molar-refractivity contribution in [1.29, 1.82) is 0 Å². The summed E-state index contributed by atoms with van der Waals surface area (Å²) in [6, 6.07) is 0. The Morgan fingerprint density at radius 1 is 0.750 bits per heavy atom. The first-order valence-electron chi connectivity index (χ1n) is 5.74. The van der Waals surface area contributed by atoms with Gasteiger partial charge in [0, 0.05) is 0 Å². The molecule has 0 rings (SSSR count). The molecule has 0 aliphatic carbocycles. The average Bonchev–Trinajstić information content (AvgIpc) is 2.14. The first kappa shape index (κ1) is 12.9.